The van der Waals surface area contributed by atoms with E-state index in [-0.39, 0.29) is 24.1 Å². The number of hydrogen-bond acceptors (Lipinski definition) is 5. The van der Waals surface area contributed by atoms with Gasteiger partial charge < -0.3 is 19.6 Å². The molecule has 0 aliphatic carbocycles. The van der Waals surface area contributed by atoms with Crippen LogP contribution in [-0.4, -0.2) is 56.3 Å². The number of likely N-dealkylation sites (N-methyl/N-ethyl adjacent to an activating group) is 1. The zero-order valence-corrected chi connectivity index (χ0v) is 17.6. The van der Waals surface area contributed by atoms with Crippen molar-refractivity contribution >= 4 is 35.8 Å². The summed E-state index contributed by atoms with van der Waals surface area (Å²) in [6.07, 6.45) is -1.24. The fraction of sp³-hybridized carbons (Fsp3) is 0.350. The lowest BCUT2D eigenvalue weighted by molar-refractivity contribution is -0.126. The van der Waals surface area contributed by atoms with Crippen LogP contribution in [0.1, 0.15) is 10.8 Å². The van der Waals surface area contributed by atoms with Crippen LogP contribution >= 0.6 is 24.2 Å². The number of thioether (sulfide) groups is 1. The maximum absolute atomic E-state index is 13.9. The Kier molecular flexibility index (Phi) is 7.71. The Morgan fingerprint density at radius 1 is 1.21 bits per heavy atom. The second-order valence-corrected chi connectivity index (χ2v) is 7.85. The zero-order valence-electron chi connectivity index (χ0n) is 16.0. The van der Waals surface area contributed by atoms with Gasteiger partial charge in [0.05, 0.1) is 18.0 Å². The molecule has 0 fully saturated rings. The van der Waals surface area contributed by atoms with Crippen molar-refractivity contribution in [1.82, 2.24) is 4.90 Å². The van der Waals surface area contributed by atoms with Gasteiger partial charge in [0.2, 0.25) is 0 Å². The fourth-order valence-corrected chi connectivity index (χ4v) is 4.28. The van der Waals surface area contributed by atoms with E-state index in [4.69, 9.17) is 4.74 Å². The molecule has 0 bridgehead atoms. The van der Waals surface area contributed by atoms with Gasteiger partial charge in [-0.15, -0.1) is 24.2 Å². The highest BCUT2D eigenvalue weighted by atomic mass is 35.5. The number of fused-ring (bicyclic) bond motifs is 1. The van der Waals surface area contributed by atoms with Crippen LogP contribution in [0.3, 0.4) is 0 Å². The number of ether oxygens (including phenoxy) is 1. The number of anilines is 1. The van der Waals surface area contributed by atoms with Gasteiger partial charge in [-0.3, -0.25) is 4.79 Å². The molecule has 152 valence electrons. The average molecular weight is 427 g/mol. The molecule has 8 heteroatoms. The Morgan fingerprint density at radius 3 is 2.50 bits per heavy atom. The summed E-state index contributed by atoms with van der Waals surface area (Å²) in [6.45, 7) is 1.05. The van der Waals surface area contributed by atoms with Crippen molar-refractivity contribution in [2.24, 2.45) is 0 Å². The monoisotopic (exact) mass is 426 g/mol. The van der Waals surface area contributed by atoms with E-state index < -0.39 is 11.4 Å². The number of aliphatic hydroxyl groups is 1. The second kappa shape index (κ2) is 9.60. The summed E-state index contributed by atoms with van der Waals surface area (Å²) in [5.74, 6) is -0.0566. The molecule has 2 atom stereocenters. The van der Waals surface area contributed by atoms with Crippen molar-refractivity contribution in [3.05, 3.63) is 53.8 Å². The molecule has 1 aliphatic heterocycles. The van der Waals surface area contributed by atoms with Crippen molar-refractivity contribution < 1.29 is 19.0 Å². The molecule has 0 spiro atoms. The lowest BCUT2D eigenvalue weighted by atomic mass is 10.1. The first-order chi connectivity index (χ1) is 12.9. The summed E-state index contributed by atoms with van der Waals surface area (Å²) < 4.78 is 19.1. The lowest BCUT2D eigenvalue weighted by Crippen LogP contribution is -2.43. The standard InChI is InChI=1S/C20H23FN2O3S.ClH/c1-22(2)10-11-23-16-9-6-14(21)12-17(16)27-19(18(24)20(23)25)13-4-7-15(26-3)8-5-13;/h4-9,12,18-19,24H,10-11H2,1-3H3;1H/t18-,19+;/m0./s1. The highest BCUT2D eigenvalue weighted by Gasteiger charge is 2.37. The molecule has 5 nitrogen and oxygen atoms in total. The molecule has 1 amide bonds. The number of carbonyl (C=O) groups is 1. The van der Waals surface area contributed by atoms with Crippen LogP contribution in [0.25, 0.3) is 0 Å². The third-order valence-corrected chi connectivity index (χ3v) is 5.85. The van der Waals surface area contributed by atoms with Crippen LogP contribution in [0.15, 0.2) is 47.4 Å². The third-order valence-electron chi connectivity index (χ3n) is 4.49. The number of nitrogens with zero attached hydrogens (tertiary/aromatic N) is 2. The number of carbonyl (C=O) groups excluding carboxylic acids is 1. The van der Waals surface area contributed by atoms with Crippen LogP contribution in [0.2, 0.25) is 0 Å². The Labute approximate surface area is 174 Å². The van der Waals surface area contributed by atoms with Gasteiger partial charge in [0.25, 0.3) is 5.91 Å². The SMILES string of the molecule is COc1ccc([C@H]2Sc3cc(F)ccc3N(CCN(C)C)C(=O)[C@H]2O)cc1.Cl. The second-order valence-electron chi connectivity index (χ2n) is 6.66. The number of aliphatic hydroxyl groups excluding tert-OH is 1. The van der Waals surface area contributed by atoms with E-state index in [9.17, 15) is 14.3 Å². The Bertz CT molecular complexity index is 820. The molecular weight excluding hydrogens is 403 g/mol. The Morgan fingerprint density at radius 2 is 1.89 bits per heavy atom. The van der Waals surface area contributed by atoms with E-state index in [2.05, 4.69) is 0 Å². The summed E-state index contributed by atoms with van der Waals surface area (Å²) in [5.41, 5.74) is 1.41. The van der Waals surface area contributed by atoms with Gasteiger partial charge in [0, 0.05) is 18.0 Å². The molecule has 0 radical (unpaired) electrons. The molecule has 1 aliphatic rings. The van der Waals surface area contributed by atoms with Gasteiger partial charge in [-0.25, -0.2) is 4.39 Å². The van der Waals surface area contributed by atoms with Crippen molar-refractivity contribution in [1.29, 1.82) is 0 Å². The summed E-state index contributed by atoms with van der Waals surface area (Å²) in [7, 11) is 5.41. The minimum atomic E-state index is -1.24. The van der Waals surface area contributed by atoms with E-state index in [0.717, 1.165) is 5.56 Å². The van der Waals surface area contributed by atoms with E-state index in [1.54, 1.807) is 30.2 Å². The van der Waals surface area contributed by atoms with E-state index in [1.165, 1.54) is 23.9 Å². The number of amides is 1. The first kappa shape index (κ1) is 22.5. The topological polar surface area (TPSA) is 53.0 Å². The largest absolute Gasteiger partial charge is 0.497 e. The molecule has 2 aromatic carbocycles. The van der Waals surface area contributed by atoms with E-state index in [1.807, 2.05) is 31.1 Å². The third kappa shape index (κ3) is 4.78. The summed E-state index contributed by atoms with van der Waals surface area (Å²) >= 11 is 1.30. The number of rotatable bonds is 5. The highest BCUT2D eigenvalue weighted by molar-refractivity contribution is 7.99. The molecule has 3 rings (SSSR count). The molecule has 0 saturated heterocycles. The van der Waals surface area contributed by atoms with Crippen molar-refractivity contribution in [3.63, 3.8) is 0 Å². The quantitative estimate of drug-likeness (QED) is 0.794. The van der Waals surface area contributed by atoms with Gasteiger partial charge in [0.1, 0.15) is 17.7 Å². The van der Waals surface area contributed by atoms with Crippen LogP contribution in [0.4, 0.5) is 10.1 Å². The van der Waals surface area contributed by atoms with E-state index in [0.29, 0.717) is 29.4 Å². The van der Waals surface area contributed by atoms with Gasteiger partial charge >= 0.3 is 0 Å². The molecule has 0 aromatic heterocycles. The molecule has 0 unspecified atom stereocenters. The van der Waals surface area contributed by atoms with Gasteiger partial charge in [-0.1, -0.05) is 12.1 Å². The molecule has 0 saturated carbocycles. The first-order valence-electron chi connectivity index (χ1n) is 8.65. The number of halogens is 2. The molecular formula is C20H24ClFN2O3S. The number of benzene rings is 2. The van der Waals surface area contributed by atoms with Crippen molar-refractivity contribution in [3.8, 4) is 5.75 Å². The predicted molar refractivity (Wildman–Crippen MR) is 112 cm³/mol. The minimum absolute atomic E-state index is 0. The van der Waals surface area contributed by atoms with Crippen LogP contribution in [0.5, 0.6) is 5.75 Å². The van der Waals surface area contributed by atoms with Crippen LogP contribution < -0.4 is 9.64 Å². The smallest absolute Gasteiger partial charge is 0.257 e. The average Bonchev–Trinajstić information content (AvgIpc) is 2.75. The highest BCUT2D eigenvalue weighted by Crippen LogP contribution is 2.46. The normalized spacial score (nSPS) is 19.1. The molecule has 1 N–H and O–H groups in total. The van der Waals surface area contributed by atoms with Crippen LogP contribution in [0, 0.1) is 5.82 Å². The number of hydrogen-bond donors (Lipinski definition) is 1. The summed E-state index contributed by atoms with van der Waals surface area (Å²) in [5, 5.41) is 10.3. The molecule has 1 heterocycles. The van der Waals surface area contributed by atoms with E-state index >= 15 is 0 Å². The molecule has 2 aromatic rings. The minimum Gasteiger partial charge on any atom is -0.497 e. The molecule has 28 heavy (non-hydrogen) atoms. The van der Waals surface area contributed by atoms with Crippen molar-refractivity contribution in [2.75, 3.05) is 39.2 Å². The Balaban J connectivity index is 0.00000280. The van der Waals surface area contributed by atoms with Gasteiger partial charge in [0.15, 0.2) is 0 Å². The Hall–Kier alpha value is -1.80. The van der Waals surface area contributed by atoms with Crippen molar-refractivity contribution in [2.45, 2.75) is 16.2 Å². The maximum atomic E-state index is 13.9. The summed E-state index contributed by atoms with van der Waals surface area (Å²) in [4.78, 5) is 17.2. The first-order valence-corrected chi connectivity index (χ1v) is 9.53. The fourth-order valence-electron chi connectivity index (χ4n) is 2.99. The van der Waals surface area contributed by atoms with Crippen LogP contribution in [-0.2, 0) is 4.79 Å². The number of methoxy groups -OCH3 is 1. The lowest BCUT2D eigenvalue weighted by Gasteiger charge is -2.26. The maximum Gasteiger partial charge on any atom is 0.257 e. The summed E-state index contributed by atoms with van der Waals surface area (Å²) in [6, 6.07) is 11.6. The van der Waals surface area contributed by atoms with Gasteiger partial charge in [-0.05, 0) is 50.0 Å². The van der Waals surface area contributed by atoms with Gasteiger partial charge in [-0.2, -0.15) is 0 Å². The predicted octanol–water partition coefficient (Wildman–Crippen LogP) is 3.36. The zero-order chi connectivity index (χ0) is 19.6.